The van der Waals surface area contributed by atoms with Crippen LogP contribution in [0.2, 0.25) is 0 Å². The minimum absolute atomic E-state index is 0.0739. The lowest BCUT2D eigenvalue weighted by Crippen LogP contribution is -2.20. The van der Waals surface area contributed by atoms with E-state index in [1.807, 2.05) is 35.6 Å². The normalized spacial score (nSPS) is 16.1. The molecule has 0 bridgehead atoms. The van der Waals surface area contributed by atoms with Gasteiger partial charge in [-0.15, -0.1) is 0 Å². The van der Waals surface area contributed by atoms with Gasteiger partial charge in [0.15, 0.2) is 6.61 Å². The van der Waals surface area contributed by atoms with Crippen molar-refractivity contribution in [2.75, 3.05) is 6.61 Å². The highest BCUT2D eigenvalue weighted by atomic mass is 127. The van der Waals surface area contributed by atoms with E-state index in [9.17, 15) is 13.2 Å². The average molecular weight is 357 g/mol. The monoisotopic (exact) mass is 357 g/mol. The van der Waals surface area contributed by atoms with Gasteiger partial charge in [0.05, 0.1) is 3.57 Å². The van der Waals surface area contributed by atoms with E-state index in [0.717, 1.165) is 24.1 Å². The molecule has 0 aliphatic heterocycles. The Hall–Kier alpha value is -0.530. The van der Waals surface area contributed by atoms with E-state index < -0.39 is 12.8 Å². The molecule has 0 spiro atoms. The van der Waals surface area contributed by atoms with Gasteiger partial charge < -0.3 is 4.74 Å². The molecule has 1 saturated carbocycles. The van der Waals surface area contributed by atoms with Crippen LogP contribution in [-0.4, -0.2) is 17.8 Å². The molecule has 94 valence electrons. The van der Waals surface area contributed by atoms with Crippen molar-refractivity contribution in [3.05, 3.63) is 20.9 Å². The maximum absolute atomic E-state index is 12.0. The van der Waals surface area contributed by atoms with Gasteiger partial charge in [-0.25, -0.2) is 4.98 Å². The molecular formula is C11H11F3INO. The van der Waals surface area contributed by atoms with E-state index in [0.29, 0.717) is 9.49 Å². The van der Waals surface area contributed by atoms with Crippen molar-refractivity contribution in [2.45, 2.75) is 31.9 Å². The molecule has 2 nitrogen and oxygen atoms in total. The van der Waals surface area contributed by atoms with Crippen molar-refractivity contribution in [1.82, 2.24) is 4.98 Å². The van der Waals surface area contributed by atoms with Gasteiger partial charge in [-0.3, -0.25) is 0 Å². The SMILES string of the molecule is Cc1nc(OCC(F)(F)F)c(I)cc1C1CC1. The predicted octanol–water partition coefficient (Wildman–Crippen LogP) is 3.81. The van der Waals surface area contributed by atoms with E-state index in [-0.39, 0.29) is 5.88 Å². The van der Waals surface area contributed by atoms with Crippen LogP contribution in [-0.2, 0) is 0 Å². The molecule has 1 aromatic heterocycles. The summed E-state index contributed by atoms with van der Waals surface area (Å²) in [5.41, 5.74) is 1.90. The zero-order valence-corrected chi connectivity index (χ0v) is 11.3. The van der Waals surface area contributed by atoms with Crippen molar-refractivity contribution < 1.29 is 17.9 Å². The zero-order chi connectivity index (χ0) is 12.6. The van der Waals surface area contributed by atoms with Crippen LogP contribution < -0.4 is 4.74 Å². The molecule has 1 aliphatic carbocycles. The van der Waals surface area contributed by atoms with Crippen LogP contribution in [0.1, 0.15) is 30.0 Å². The topological polar surface area (TPSA) is 22.1 Å². The summed E-state index contributed by atoms with van der Waals surface area (Å²) in [4.78, 5) is 4.11. The van der Waals surface area contributed by atoms with Gasteiger partial charge in [0, 0.05) is 5.69 Å². The summed E-state index contributed by atoms with van der Waals surface area (Å²) in [5.74, 6) is 0.609. The molecule has 0 amide bonds. The fourth-order valence-electron chi connectivity index (χ4n) is 1.63. The number of nitrogens with zero attached hydrogens (tertiary/aromatic N) is 1. The van der Waals surface area contributed by atoms with E-state index in [1.54, 1.807) is 0 Å². The van der Waals surface area contributed by atoms with Gasteiger partial charge in [0.2, 0.25) is 5.88 Å². The maximum atomic E-state index is 12.0. The number of hydrogen-bond donors (Lipinski definition) is 0. The first-order valence-corrected chi connectivity index (χ1v) is 6.31. The first-order valence-electron chi connectivity index (χ1n) is 5.23. The Kier molecular flexibility index (Phi) is 3.51. The van der Waals surface area contributed by atoms with Crippen LogP contribution in [0.5, 0.6) is 5.88 Å². The number of halogens is 4. The minimum atomic E-state index is -4.33. The van der Waals surface area contributed by atoms with Gasteiger partial charge in [0.25, 0.3) is 0 Å². The summed E-state index contributed by atoms with van der Waals surface area (Å²) in [6.45, 7) is 0.516. The van der Waals surface area contributed by atoms with Crippen molar-refractivity contribution in [3.63, 3.8) is 0 Å². The molecule has 6 heteroatoms. The lowest BCUT2D eigenvalue weighted by Gasteiger charge is -2.12. The lowest BCUT2D eigenvalue weighted by molar-refractivity contribution is -0.154. The lowest BCUT2D eigenvalue weighted by atomic mass is 10.1. The molecule has 0 aromatic carbocycles. The number of alkyl halides is 3. The largest absolute Gasteiger partial charge is 0.467 e. The van der Waals surface area contributed by atoms with E-state index in [1.165, 1.54) is 0 Å². The van der Waals surface area contributed by atoms with Gasteiger partial charge in [-0.2, -0.15) is 13.2 Å². The highest BCUT2D eigenvalue weighted by molar-refractivity contribution is 14.1. The summed E-state index contributed by atoms with van der Waals surface area (Å²) in [5, 5.41) is 0. The Morgan fingerprint density at radius 2 is 2.12 bits per heavy atom. The van der Waals surface area contributed by atoms with Crippen LogP contribution >= 0.6 is 22.6 Å². The van der Waals surface area contributed by atoms with Crippen LogP contribution in [0.25, 0.3) is 0 Å². The Bertz CT molecular complexity index is 429. The standard InChI is InChI=1S/C11H11F3INO/c1-6-8(7-2-3-7)4-9(15)10(16-6)17-5-11(12,13)14/h4,7H,2-3,5H2,1H3. The average Bonchev–Trinajstić information content (AvgIpc) is 3.01. The zero-order valence-electron chi connectivity index (χ0n) is 9.14. The molecule has 0 atom stereocenters. The minimum Gasteiger partial charge on any atom is -0.467 e. The van der Waals surface area contributed by atoms with Crippen molar-refractivity contribution in [2.24, 2.45) is 0 Å². The van der Waals surface area contributed by atoms with Gasteiger partial charge >= 0.3 is 6.18 Å². The first-order chi connectivity index (χ1) is 7.87. The molecule has 0 radical (unpaired) electrons. The fourth-order valence-corrected chi connectivity index (χ4v) is 2.24. The van der Waals surface area contributed by atoms with Crippen molar-refractivity contribution in [1.29, 1.82) is 0 Å². The number of ether oxygens (including phenoxy) is 1. The molecular weight excluding hydrogens is 346 g/mol. The molecule has 1 fully saturated rings. The quantitative estimate of drug-likeness (QED) is 0.768. The third-order valence-corrected chi connectivity index (χ3v) is 3.34. The number of aryl methyl sites for hydroxylation is 1. The summed E-state index contributed by atoms with van der Waals surface area (Å²) in [7, 11) is 0. The number of pyridine rings is 1. The smallest absolute Gasteiger partial charge is 0.422 e. The fraction of sp³-hybridized carbons (Fsp3) is 0.545. The Morgan fingerprint density at radius 1 is 1.47 bits per heavy atom. The van der Waals surface area contributed by atoms with Crippen LogP contribution in [0.3, 0.4) is 0 Å². The molecule has 0 unspecified atom stereocenters. The number of hydrogen-bond acceptors (Lipinski definition) is 2. The molecule has 1 aromatic rings. The number of rotatable bonds is 3. The van der Waals surface area contributed by atoms with E-state index in [4.69, 9.17) is 4.74 Å². The summed E-state index contributed by atoms with van der Waals surface area (Å²) >= 11 is 1.96. The second-order valence-electron chi connectivity index (χ2n) is 4.13. The van der Waals surface area contributed by atoms with Gasteiger partial charge in [-0.1, -0.05) is 0 Å². The van der Waals surface area contributed by atoms with Gasteiger partial charge in [-0.05, 0) is 59.9 Å². The highest BCUT2D eigenvalue weighted by Gasteiger charge is 2.30. The molecule has 2 rings (SSSR count). The van der Waals surface area contributed by atoms with Crippen LogP contribution in [0, 0.1) is 10.5 Å². The molecule has 1 aliphatic rings. The van der Waals surface area contributed by atoms with Crippen molar-refractivity contribution in [3.8, 4) is 5.88 Å². The van der Waals surface area contributed by atoms with E-state index in [2.05, 4.69) is 4.98 Å². The summed E-state index contributed by atoms with van der Waals surface area (Å²) < 4.78 is 41.4. The highest BCUT2D eigenvalue weighted by Crippen LogP contribution is 2.42. The summed E-state index contributed by atoms with van der Waals surface area (Å²) in [6, 6.07) is 1.88. The molecule has 17 heavy (non-hydrogen) atoms. The second kappa shape index (κ2) is 4.62. The third-order valence-electron chi connectivity index (χ3n) is 2.56. The maximum Gasteiger partial charge on any atom is 0.422 e. The predicted molar refractivity (Wildman–Crippen MR) is 65.2 cm³/mol. The van der Waals surface area contributed by atoms with E-state index >= 15 is 0 Å². The Balaban J connectivity index is 2.15. The van der Waals surface area contributed by atoms with Crippen LogP contribution in [0.15, 0.2) is 6.07 Å². The van der Waals surface area contributed by atoms with Crippen LogP contribution in [0.4, 0.5) is 13.2 Å². The molecule has 0 saturated heterocycles. The second-order valence-corrected chi connectivity index (χ2v) is 5.29. The Labute approximate surface area is 111 Å². The number of aromatic nitrogens is 1. The molecule has 1 heterocycles. The first kappa shape index (κ1) is 12.9. The summed E-state index contributed by atoms with van der Waals surface area (Å²) in [6.07, 6.45) is -2.05. The Morgan fingerprint density at radius 3 is 2.65 bits per heavy atom. The van der Waals surface area contributed by atoms with Gasteiger partial charge in [0.1, 0.15) is 0 Å². The molecule has 0 N–H and O–H groups in total. The van der Waals surface area contributed by atoms with Crippen molar-refractivity contribution >= 4 is 22.6 Å². The third kappa shape index (κ3) is 3.46.